The average molecular weight is 425 g/mol. The third kappa shape index (κ3) is 8.12. The molecule has 0 saturated heterocycles. The number of aliphatic hydroxyl groups is 2. The van der Waals surface area contributed by atoms with E-state index >= 15 is 0 Å². The fraction of sp³-hybridized carbons (Fsp3) is 1.00. The highest BCUT2D eigenvalue weighted by molar-refractivity contribution is 4.90. The van der Waals surface area contributed by atoms with E-state index < -0.39 is 0 Å². The smallest absolute Gasteiger partial charge is 0.0576 e. The van der Waals surface area contributed by atoms with Crippen molar-refractivity contribution in [2.45, 2.75) is 127 Å². The number of hydrogen-bond acceptors (Lipinski definition) is 2. The van der Waals surface area contributed by atoms with Crippen molar-refractivity contribution in [1.82, 2.24) is 0 Å². The molecule has 0 aliphatic heterocycles. The molecule has 0 aromatic heterocycles. The van der Waals surface area contributed by atoms with Gasteiger partial charge in [-0.2, -0.15) is 0 Å². The molecule has 0 amide bonds. The van der Waals surface area contributed by atoms with E-state index in [1.165, 1.54) is 25.7 Å². The Bertz CT molecular complexity index is 486. The molecule has 0 spiro atoms. The molecule has 9 unspecified atom stereocenters. The van der Waals surface area contributed by atoms with E-state index in [2.05, 4.69) is 76.2 Å². The van der Waals surface area contributed by atoms with Crippen LogP contribution in [0.3, 0.4) is 0 Å². The lowest BCUT2D eigenvalue weighted by atomic mass is 9.63. The lowest BCUT2D eigenvalue weighted by molar-refractivity contribution is -0.0340. The molecule has 180 valence electrons. The van der Waals surface area contributed by atoms with Crippen LogP contribution in [0.4, 0.5) is 0 Å². The molecule has 2 rings (SSSR count). The first-order chi connectivity index (χ1) is 13.6. The van der Waals surface area contributed by atoms with E-state index in [-0.39, 0.29) is 23.0 Å². The fourth-order valence-corrected chi connectivity index (χ4v) is 5.89. The number of aliphatic hydroxyl groups excluding tert-OH is 2. The summed E-state index contributed by atoms with van der Waals surface area (Å²) in [5, 5.41) is 20.3. The van der Waals surface area contributed by atoms with Crippen LogP contribution in [0.25, 0.3) is 0 Å². The predicted octanol–water partition coefficient (Wildman–Crippen LogP) is 7.57. The zero-order valence-electron chi connectivity index (χ0n) is 22.3. The predicted molar refractivity (Wildman–Crippen MR) is 131 cm³/mol. The van der Waals surface area contributed by atoms with Crippen LogP contribution in [-0.4, -0.2) is 22.4 Å². The Labute approximate surface area is 189 Å². The summed E-state index contributed by atoms with van der Waals surface area (Å²) in [7, 11) is 0. The summed E-state index contributed by atoms with van der Waals surface area (Å²) in [5.41, 5.74) is 0.501. The molecule has 2 aliphatic rings. The maximum absolute atomic E-state index is 10.3. The van der Waals surface area contributed by atoms with Crippen LogP contribution in [-0.2, 0) is 0 Å². The third-order valence-corrected chi connectivity index (χ3v) is 8.74. The van der Waals surface area contributed by atoms with E-state index in [1.807, 2.05) is 0 Å². The molecule has 30 heavy (non-hydrogen) atoms. The fourth-order valence-electron chi connectivity index (χ4n) is 5.89. The van der Waals surface area contributed by atoms with Crippen molar-refractivity contribution in [2.24, 2.45) is 52.3 Å². The van der Waals surface area contributed by atoms with Crippen LogP contribution in [0, 0.1) is 52.3 Å². The van der Waals surface area contributed by atoms with Crippen molar-refractivity contribution >= 4 is 0 Å². The Morgan fingerprint density at radius 1 is 0.700 bits per heavy atom. The first kappa shape index (κ1) is 28.0. The summed E-state index contributed by atoms with van der Waals surface area (Å²) >= 11 is 0. The van der Waals surface area contributed by atoms with Gasteiger partial charge in [0.05, 0.1) is 12.2 Å². The van der Waals surface area contributed by atoms with E-state index in [0.717, 1.165) is 30.6 Å². The first-order valence-electron chi connectivity index (χ1n) is 12.9. The highest BCUT2D eigenvalue weighted by Gasteiger charge is 2.40. The van der Waals surface area contributed by atoms with Gasteiger partial charge in [-0.1, -0.05) is 82.6 Å². The molecule has 2 N–H and O–H groups in total. The summed E-state index contributed by atoms with van der Waals surface area (Å²) in [6.07, 6.45) is 6.86. The summed E-state index contributed by atoms with van der Waals surface area (Å²) < 4.78 is 0. The second kappa shape index (κ2) is 11.2. The van der Waals surface area contributed by atoms with Gasteiger partial charge in [0.25, 0.3) is 0 Å². The van der Waals surface area contributed by atoms with Crippen LogP contribution in [0.2, 0.25) is 0 Å². The normalized spacial score (nSPS) is 39.1. The SMILES string of the molecule is CC1CC(O)C(C(C)(C)C)CC1C.CCC(C)CC1CC(C(C)(C)C)C(O)CC1C. The van der Waals surface area contributed by atoms with Gasteiger partial charge in [0.2, 0.25) is 0 Å². The van der Waals surface area contributed by atoms with E-state index in [0.29, 0.717) is 23.7 Å². The monoisotopic (exact) mass is 424 g/mol. The van der Waals surface area contributed by atoms with Crippen LogP contribution < -0.4 is 0 Å². The minimum atomic E-state index is -0.0850. The summed E-state index contributed by atoms with van der Waals surface area (Å²) in [5.74, 6) is 4.76. The van der Waals surface area contributed by atoms with Crippen molar-refractivity contribution in [3.63, 3.8) is 0 Å². The van der Waals surface area contributed by atoms with Crippen molar-refractivity contribution in [2.75, 3.05) is 0 Å². The second-order valence-corrected chi connectivity index (χ2v) is 13.5. The van der Waals surface area contributed by atoms with Crippen LogP contribution in [0.1, 0.15) is 115 Å². The van der Waals surface area contributed by atoms with Gasteiger partial charge in [-0.25, -0.2) is 0 Å². The minimum Gasteiger partial charge on any atom is -0.393 e. The quantitative estimate of drug-likeness (QED) is 0.490. The van der Waals surface area contributed by atoms with E-state index in [1.54, 1.807) is 0 Å². The Balaban J connectivity index is 0.000000311. The molecule has 2 saturated carbocycles. The van der Waals surface area contributed by atoms with Gasteiger partial charge in [0.15, 0.2) is 0 Å². The highest BCUT2D eigenvalue weighted by atomic mass is 16.3. The summed E-state index contributed by atoms with van der Waals surface area (Å²) in [6, 6.07) is 0. The van der Waals surface area contributed by atoms with Gasteiger partial charge < -0.3 is 10.2 Å². The van der Waals surface area contributed by atoms with E-state index in [9.17, 15) is 10.2 Å². The molecule has 0 heterocycles. The van der Waals surface area contributed by atoms with Crippen LogP contribution in [0.15, 0.2) is 0 Å². The van der Waals surface area contributed by atoms with Crippen molar-refractivity contribution in [1.29, 1.82) is 0 Å². The molecule has 2 aliphatic carbocycles. The maximum atomic E-state index is 10.3. The van der Waals surface area contributed by atoms with E-state index in [4.69, 9.17) is 0 Å². The van der Waals surface area contributed by atoms with Gasteiger partial charge in [0, 0.05) is 0 Å². The standard InChI is InChI=1S/C16H32O.C12H24O/c1-7-11(2)8-13-10-14(16(4,5)6)15(17)9-12(13)3;1-8-6-10(12(3,4)5)11(13)7-9(8)2/h11-15,17H,7-10H2,1-6H3;8-11,13H,6-7H2,1-5H3. The third-order valence-electron chi connectivity index (χ3n) is 8.74. The largest absolute Gasteiger partial charge is 0.393 e. The average Bonchev–Trinajstić information content (AvgIpc) is 2.58. The molecule has 0 bridgehead atoms. The van der Waals surface area contributed by atoms with Gasteiger partial charge in [0.1, 0.15) is 0 Å². The van der Waals surface area contributed by atoms with Crippen molar-refractivity contribution < 1.29 is 10.2 Å². The zero-order valence-corrected chi connectivity index (χ0v) is 22.3. The van der Waals surface area contributed by atoms with Gasteiger partial charge >= 0.3 is 0 Å². The topological polar surface area (TPSA) is 40.5 Å². The molecule has 9 atom stereocenters. The number of hydrogen-bond donors (Lipinski definition) is 2. The highest BCUT2D eigenvalue weighted by Crippen LogP contribution is 2.45. The summed E-state index contributed by atoms with van der Waals surface area (Å²) in [4.78, 5) is 0. The van der Waals surface area contributed by atoms with Gasteiger partial charge in [-0.15, -0.1) is 0 Å². The molecular weight excluding hydrogens is 368 g/mol. The van der Waals surface area contributed by atoms with Gasteiger partial charge in [-0.05, 0) is 84.4 Å². The Morgan fingerprint density at radius 2 is 1.10 bits per heavy atom. The molecule has 0 aromatic carbocycles. The summed E-state index contributed by atoms with van der Waals surface area (Å²) in [6.45, 7) is 25.1. The Morgan fingerprint density at radius 3 is 1.53 bits per heavy atom. The Kier molecular flexibility index (Phi) is 10.4. The lowest BCUT2D eigenvalue weighted by Gasteiger charge is -2.44. The molecular formula is C28H56O2. The molecule has 2 nitrogen and oxygen atoms in total. The minimum absolute atomic E-state index is 0.0776. The molecule has 0 radical (unpaired) electrons. The van der Waals surface area contributed by atoms with Crippen molar-refractivity contribution in [3.05, 3.63) is 0 Å². The van der Waals surface area contributed by atoms with Crippen molar-refractivity contribution in [3.8, 4) is 0 Å². The molecule has 2 fully saturated rings. The Hall–Kier alpha value is -0.0800. The van der Waals surface area contributed by atoms with Crippen LogP contribution in [0.5, 0.6) is 0 Å². The maximum Gasteiger partial charge on any atom is 0.0576 e. The van der Waals surface area contributed by atoms with Crippen LogP contribution >= 0.6 is 0 Å². The second-order valence-electron chi connectivity index (χ2n) is 13.5. The zero-order chi connectivity index (χ0) is 23.4. The molecule has 0 aromatic rings. The first-order valence-corrected chi connectivity index (χ1v) is 12.9. The molecule has 2 heteroatoms. The van der Waals surface area contributed by atoms with Gasteiger partial charge in [-0.3, -0.25) is 0 Å². The number of rotatable bonds is 3. The lowest BCUT2D eigenvalue weighted by Crippen LogP contribution is -2.41.